The second-order valence-electron chi connectivity index (χ2n) is 5.46. The summed E-state index contributed by atoms with van der Waals surface area (Å²) in [7, 11) is 0. The van der Waals surface area contributed by atoms with Gasteiger partial charge in [0.1, 0.15) is 0 Å². The van der Waals surface area contributed by atoms with Gasteiger partial charge in [0.2, 0.25) is 0 Å². The molecule has 3 rings (SSSR count). The number of benzene rings is 1. The maximum Gasteiger partial charge on any atom is 0.254 e. The van der Waals surface area contributed by atoms with Crippen LogP contribution in [0.3, 0.4) is 0 Å². The number of hydrogen-bond donors (Lipinski definition) is 1. The van der Waals surface area contributed by atoms with Crippen molar-refractivity contribution in [2.45, 2.75) is 19.9 Å². The maximum absolute atomic E-state index is 12.1. The largest absolute Gasteiger partial charge is 0.312 e. The predicted octanol–water partition coefficient (Wildman–Crippen LogP) is 0.990. The number of carbonyl (C=O) groups excluding carboxylic acids is 1. The van der Waals surface area contributed by atoms with Crippen LogP contribution in [-0.2, 0) is 17.8 Å². The van der Waals surface area contributed by atoms with Crippen LogP contribution in [0.4, 0.5) is 0 Å². The van der Waals surface area contributed by atoms with E-state index in [4.69, 9.17) is 0 Å². The van der Waals surface area contributed by atoms with Crippen LogP contribution in [-0.4, -0.2) is 17.4 Å². The molecule has 0 fully saturated rings. The summed E-state index contributed by atoms with van der Waals surface area (Å²) in [6, 6.07) is 10.0. The van der Waals surface area contributed by atoms with Gasteiger partial charge in [-0.05, 0) is 41.0 Å². The van der Waals surface area contributed by atoms with Crippen molar-refractivity contribution in [1.29, 1.82) is 0 Å². The first-order valence-electron chi connectivity index (χ1n) is 7.59. The average Bonchev–Trinajstić information content (AvgIpc) is 2.56. The molecule has 0 radical (unpaired) electrons. The van der Waals surface area contributed by atoms with Gasteiger partial charge in [-0.25, -0.2) is 4.99 Å². The normalized spacial score (nSPS) is 16.6. The zero-order valence-corrected chi connectivity index (χ0v) is 12.6. The molecule has 4 nitrogen and oxygen atoms in total. The Kier molecular flexibility index (Phi) is 4.39. The summed E-state index contributed by atoms with van der Waals surface area (Å²) in [6.07, 6.45) is 6.59. The van der Waals surface area contributed by atoms with Crippen LogP contribution >= 0.6 is 0 Å². The molecule has 1 aliphatic rings. The Morgan fingerprint density at radius 2 is 2.14 bits per heavy atom. The van der Waals surface area contributed by atoms with Crippen molar-refractivity contribution in [3.05, 3.63) is 64.4 Å². The SMILES string of the molecule is CCc1ccc2c(c1)=CC(CNCc1cccnc1)C(=O)N=2. The third-order valence-corrected chi connectivity index (χ3v) is 3.84. The van der Waals surface area contributed by atoms with Crippen molar-refractivity contribution >= 4 is 12.0 Å². The van der Waals surface area contributed by atoms with Gasteiger partial charge in [0.05, 0.1) is 11.3 Å². The number of aromatic nitrogens is 1. The van der Waals surface area contributed by atoms with E-state index in [1.807, 2.05) is 36.5 Å². The lowest BCUT2D eigenvalue weighted by molar-refractivity contribution is -0.120. The minimum Gasteiger partial charge on any atom is -0.312 e. The number of nitrogens with one attached hydrogen (secondary N) is 1. The zero-order chi connectivity index (χ0) is 15.4. The number of fused-ring (bicyclic) bond motifs is 1. The molecule has 0 bridgehead atoms. The molecule has 1 unspecified atom stereocenters. The zero-order valence-electron chi connectivity index (χ0n) is 12.6. The number of amides is 1. The van der Waals surface area contributed by atoms with E-state index in [1.165, 1.54) is 5.56 Å². The van der Waals surface area contributed by atoms with Crippen LogP contribution in [0.15, 0.2) is 47.7 Å². The first-order chi connectivity index (χ1) is 10.8. The van der Waals surface area contributed by atoms with Crippen LogP contribution in [0, 0.1) is 5.92 Å². The van der Waals surface area contributed by atoms with Crippen molar-refractivity contribution in [2.75, 3.05) is 6.54 Å². The molecule has 0 saturated carbocycles. The molecule has 2 heterocycles. The fraction of sp³-hybridized carbons (Fsp3) is 0.278. The summed E-state index contributed by atoms with van der Waals surface area (Å²) in [5.74, 6) is -0.272. The van der Waals surface area contributed by atoms with Crippen LogP contribution in [0.1, 0.15) is 18.1 Å². The number of nitrogens with zero attached hydrogens (tertiary/aromatic N) is 2. The van der Waals surface area contributed by atoms with E-state index in [0.717, 1.165) is 22.6 Å². The number of pyridine rings is 1. The van der Waals surface area contributed by atoms with Crippen LogP contribution in [0.25, 0.3) is 6.08 Å². The molecule has 1 N–H and O–H groups in total. The van der Waals surface area contributed by atoms with Crippen molar-refractivity contribution in [2.24, 2.45) is 10.9 Å². The molecule has 1 amide bonds. The fourth-order valence-corrected chi connectivity index (χ4v) is 2.57. The predicted molar refractivity (Wildman–Crippen MR) is 85.5 cm³/mol. The topological polar surface area (TPSA) is 54.4 Å². The Labute approximate surface area is 129 Å². The minimum absolute atomic E-state index is 0.0737. The first kappa shape index (κ1) is 14.6. The van der Waals surface area contributed by atoms with Crippen molar-refractivity contribution in [3.63, 3.8) is 0 Å². The van der Waals surface area contributed by atoms with E-state index >= 15 is 0 Å². The molecule has 0 spiro atoms. The third kappa shape index (κ3) is 3.28. The molecule has 1 atom stereocenters. The van der Waals surface area contributed by atoms with E-state index in [1.54, 1.807) is 6.20 Å². The summed E-state index contributed by atoms with van der Waals surface area (Å²) in [5, 5.41) is 5.15. The maximum atomic E-state index is 12.1. The summed E-state index contributed by atoms with van der Waals surface area (Å²) < 4.78 is 0. The molecule has 112 valence electrons. The van der Waals surface area contributed by atoms with Gasteiger partial charge < -0.3 is 5.32 Å². The first-order valence-corrected chi connectivity index (χ1v) is 7.59. The highest BCUT2D eigenvalue weighted by atomic mass is 16.1. The quantitative estimate of drug-likeness (QED) is 0.894. The Morgan fingerprint density at radius 3 is 2.91 bits per heavy atom. The second kappa shape index (κ2) is 6.62. The van der Waals surface area contributed by atoms with E-state index < -0.39 is 0 Å². The van der Waals surface area contributed by atoms with Crippen LogP contribution in [0.2, 0.25) is 0 Å². The molecule has 1 aliphatic heterocycles. The van der Waals surface area contributed by atoms with Gasteiger partial charge in [-0.3, -0.25) is 9.78 Å². The van der Waals surface area contributed by atoms with E-state index in [2.05, 4.69) is 28.3 Å². The lowest BCUT2D eigenvalue weighted by Crippen LogP contribution is -2.37. The molecule has 2 aromatic rings. The van der Waals surface area contributed by atoms with Crippen LogP contribution in [0.5, 0.6) is 0 Å². The highest BCUT2D eigenvalue weighted by Crippen LogP contribution is 2.05. The van der Waals surface area contributed by atoms with Gasteiger partial charge in [-0.2, -0.15) is 0 Å². The molecule has 22 heavy (non-hydrogen) atoms. The van der Waals surface area contributed by atoms with Gasteiger partial charge in [0.25, 0.3) is 5.91 Å². The van der Waals surface area contributed by atoms with Crippen molar-refractivity contribution < 1.29 is 4.79 Å². The van der Waals surface area contributed by atoms with E-state index in [9.17, 15) is 4.79 Å². The summed E-state index contributed by atoms with van der Waals surface area (Å²) >= 11 is 0. The van der Waals surface area contributed by atoms with Gasteiger partial charge in [-0.15, -0.1) is 0 Å². The Hall–Kier alpha value is -2.33. The summed E-state index contributed by atoms with van der Waals surface area (Å²) in [4.78, 5) is 20.4. The lowest BCUT2D eigenvalue weighted by atomic mass is 10.0. The van der Waals surface area contributed by atoms with Gasteiger partial charge in [0.15, 0.2) is 0 Å². The standard InChI is InChI=1S/C18H19N3O/c1-2-13-5-6-17-15(8-13)9-16(18(22)21-17)12-20-11-14-4-3-7-19-10-14/h3-10,16,20H,2,11-12H2,1H3. The number of rotatable bonds is 5. The molecule has 0 saturated heterocycles. The minimum atomic E-state index is -0.198. The van der Waals surface area contributed by atoms with Gasteiger partial charge >= 0.3 is 0 Å². The van der Waals surface area contributed by atoms with E-state index in [-0.39, 0.29) is 11.8 Å². The van der Waals surface area contributed by atoms with Gasteiger partial charge in [0, 0.05) is 25.5 Å². The van der Waals surface area contributed by atoms with Gasteiger partial charge in [-0.1, -0.05) is 25.1 Å². The fourth-order valence-electron chi connectivity index (χ4n) is 2.57. The third-order valence-electron chi connectivity index (χ3n) is 3.84. The lowest BCUT2D eigenvalue weighted by Gasteiger charge is -2.13. The van der Waals surface area contributed by atoms with Crippen molar-refractivity contribution in [1.82, 2.24) is 10.3 Å². The molecule has 0 aliphatic carbocycles. The molecular formula is C18H19N3O. The summed E-state index contributed by atoms with van der Waals surface area (Å²) in [5.41, 5.74) is 2.37. The average molecular weight is 293 g/mol. The molecular weight excluding hydrogens is 274 g/mol. The Balaban J connectivity index is 1.71. The summed E-state index contributed by atoms with van der Waals surface area (Å²) in [6.45, 7) is 3.42. The molecule has 1 aromatic heterocycles. The molecule has 4 heteroatoms. The number of hydrogen-bond acceptors (Lipinski definition) is 3. The monoisotopic (exact) mass is 293 g/mol. The van der Waals surface area contributed by atoms with Crippen molar-refractivity contribution in [3.8, 4) is 0 Å². The second-order valence-corrected chi connectivity index (χ2v) is 5.46. The van der Waals surface area contributed by atoms with E-state index in [0.29, 0.717) is 13.1 Å². The Morgan fingerprint density at radius 1 is 1.23 bits per heavy atom. The highest BCUT2D eigenvalue weighted by molar-refractivity contribution is 5.86. The number of aryl methyl sites for hydroxylation is 1. The highest BCUT2D eigenvalue weighted by Gasteiger charge is 2.17. The van der Waals surface area contributed by atoms with Crippen LogP contribution < -0.4 is 15.9 Å². The smallest absolute Gasteiger partial charge is 0.254 e. The molecule has 1 aromatic carbocycles. The Bertz CT molecular complexity index is 784. The number of carbonyl (C=O) groups is 1.